The first-order chi connectivity index (χ1) is 11.8. The van der Waals surface area contributed by atoms with Crippen LogP contribution in [0.15, 0.2) is 28.1 Å². The van der Waals surface area contributed by atoms with Gasteiger partial charge in [0.1, 0.15) is 0 Å². The molecule has 8 nitrogen and oxygen atoms in total. The van der Waals surface area contributed by atoms with Crippen LogP contribution in [-0.2, 0) is 30.9 Å². The summed E-state index contributed by atoms with van der Waals surface area (Å²) in [5, 5.41) is 5.17. The third-order valence-corrected chi connectivity index (χ3v) is 5.83. The van der Waals surface area contributed by atoms with E-state index >= 15 is 0 Å². The van der Waals surface area contributed by atoms with E-state index in [0.29, 0.717) is 15.0 Å². The van der Waals surface area contributed by atoms with E-state index in [2.05, 4.69) is 9.73 Å². The van der Waals surface area contributed by atoms with E-state index in [9.17, 15) is 18.0 Å². The number of hydrogen-bond acceptors (Lipinski definition) is 6. The van der Waals surface area contributed by atoms with Gasteiger partial charge < -0.3 is 9.30 Å². The number of nitrogens with zero attached hydrogens (tertiary/aromatic N) is 2. The monoisotopic (exact) mass is 383 g/mol. The van der Waals surface area contributed by atoms with E-state index in [0.717, 1.165) is 12.8 Å². The summed E-state index contributed by atoms with van der Waals surface area (Å²) in [7, 11) is -2.52. The van der Waals surface area contributed by atoms with Gasteiger partial charge in [-0.25, -0.2) is 13.6 Å². The van der Waals surface area contributed by atoms with Gasteiger partial charge in [0.05, 0.1) is 28.6 Å². The second-order valence-corrected chi connectivity index (χ2v) is 8.33. The van der Waals surface area contributed by atoms with Gasteiger partial charge in [0.15, 0.2) is 4.80 Å². The lowest BCUT2D eigenvalue weighted by Gasteiger charge is -2.05. The van der Waals surface area contributed by atoms with Gasteiger partial charge in [-0.15, -0.1) is 0 Å². The van der Waals surface area contributed by atoms with E-state index in [1.54, 1.807) is 10.6 Å². The Kier molecular flexibility index (Phi) is 4.76. The van der Waals surface area contributed by atoms with Crippen LogP contribution in [0.4, 0.5) is 0 Å². The van der Waals surface area contributed by atoms with Crippen molar-refractivity contribution in [3.63, 3.8) is 0 Å². The van der Waals surface area contributed by atoms with Crippen molar-refractivity contribution in [3.8, 4) is 0 Å². The Morgan fingerprint density at radius 2 is 2.12 bits per heavy atom. The highest BCUT2D eigenvalue weighted by Gasteiger charge is 2.29. The Morgan fingerprint density at radius 1 is 1.40 bits per heavy atom. The molecule has 1 fully saturated rings. The molecule has 0 atom stereocenters. The summed E-state index contributed by atoms with van der Waals surface area (Å²) < 4.78 is 30.1. The van der Waals surface area contributed by atoms with Crippen molar-refractivity contribution in [3.05, 3.63) is 23.0 Å². The van der Waals surface area contributed by atoms with Gasteiger partial charge in [-0.3, -0.25) is 9.59 Å². The number of ether oxygens (including phenoxy) is 1. The zero-order valence-corrected chi connectivity index (χ0v) is 15.1. The standard InChI is InChI=1S/C15H17N3O5S2/c1-23-13(19)6-7-18-11-5-4-10(25(16,21)22)8-12(11)24-15(18)17-14(20)9-2-3-9/h4-5,8-9H,2-3,6-7H2,1H3,(H2,16,21,22). The van der Waals surface area contributed by atoms with Crippen LogP contribution >= 0.6 is 11.3 Å². The van der Waals surface area contributed by atoms with E-state index in [1.165, 1.54) is 30.6 Å². The van der Waals surface area contributed by atoms with Gasteiger partial charge in [-0.05, 0) is 31.0 Å². The number of esters is 1. The Labute approximate surface area is 148 Å². The lowest BCUT2D eigenvalue weighted by molar-refractivity contribution is -0.140. The molecule has 3 rings (SSSR count). The van der Waals surface area contributed by atoms with Crippen molar-refractivity contribution < 1.29 is 22.7 Å². The van der Waals surface area contributed by atoms with Crippen molar-refractivity contribution >= 4 is 43.5 Å². The number of thiazole rings is 1. The highest BCUT2D eigenvalue weighted by atomic mass is 32.2. The molecule has 2 N–H and O–H groups in total. The zero-order chi connectivity index (χ0) is 18.2. The predicted molar refractivity (Wildman–Crippen MR) is 91.1 cm³/mol. The summed E-state index contributed by atoms with van der Waals surface area (Å²) in [6, 6.07) is 4.44. The third-order valence-electron chi connectivity index (χ3n) is 3.88. The van der Waals surface area contributed by atoms with Gasteiger partial charge in [0.25, 0.3) is 5.91 Å². The van der Waals surface area contributed by atoms with Gasteiger partial charge in [0.2, 0.25) is 10.0 Å². The number of methoxy groups -OCH3 is 1. The number of sulfonamides is 1. The van der Waals surface area contributed by atoms with Crippen LogP contribution in [0.5, 0.6) is 0 Å². The maximum atomic E-state index is 12.0. The molecule has 1 amide bonds. The number of amides is 1. The summed E-state index contributed by atoms with van der Waals surface area (Å²) in [6.07, 6.45) is 1.79. The summed E-state index contributed by atoms with van der Waals surface area (Å²) in [5.41, 5.74) is 0.684. The van der Waals surface area contributed by atoms with Crippen LogP contribution < -0.4 is 9.94 Å². The minimum absolute atomic E-state index is 0.0126. The quantitative estimate of drug-likeness (QED) is 0.764. The largest absolute Gasteiger partial charge is 0.469 e. The van der Waals surface area contributed by atoms with Crippen LogP contribution in [0.3, 0.4) is 0 Å². The Balaban J connectivity index is 2.10. The van der Waals surface area contributed by atoms with Crippen LogP contribution in [0.25, 0.3) is 10.2 Å². The van der Waals surface area contributed by atoms with Crippen LogP contribution in [0.2, 0.25) is 0 Å². The van der Waals surface area contributed by atoms with Crippen molar-refractivity contribution in [2.45, 2.75) is 30.7 Å². The van der Waals surface area contributed by atoms with E-state index < -0.39 is 10.0 Å². The molecule has 0 unspecified atom stereocenters. The smallest absolute Gasteiger partial charge is 0.307 e. The number of hydrogen-bond donors (Lipinski definition) is 1. The molecule has 1 aromatic carbocycles. The van der Waals surface area contributed by atoms with Crippen LogP contribution in [-0.4, -0.2) is 32.0 Å². The molecule has 2 aromatic rings. The molecular weight excluding hydrogens is 366 g/mol. The molecule has 134 valence electrons. The lowest BCUT2D eigenvalue weighted by atomic mass is 10.3. The molecular formula is C15H17N3O5S2. The Hall–Kier alpha value is -2.04. The SMILES string of the molecule is COC(=O)CCn1c(=NC(=O)C2CC2)sc2cc(S(N)(=O)=O)ccc21. The highest BCUT2D eigenvalue weighted by Crippen LogP contribution is 2.30. The molecule has 0 aliphatic heterocycles. The minimum Gasteiger partial charge on any atom is -0.469 e. The fourth-order valence-electron chi connectivity index (χ4n) is 2.35. The van der Waals surface area contributed by atoms with Crippen molar-refractivity contribution in [1.29, 1.82) is 0 Å². The molecule has 25 heavy (non-hydrogen) atoms. The number of aromatic nitrogens is 1. The second-order valence-electron chi connectivity index (χ2n) is 5.76. The maximum absolute atomic E-state index is 12.0. The predicted octanol–water partition coefficient (Wildman–Crippen LogP) is 0.751. The van der Waals surface area contributed by atoms with Crippen LogP contribution in [0, 0.1) is 5.92 Å². The molecule has 1 saturated carbocycles. The summed E-state index contributed by atoms with van der Waals surface area (Å²) in [4.78, 5) is 28.1. The molecule has 0 spiro atoms. The first-order valence-corrected chi connectivity index (χ1v) is 9.97. The van der Waals surface area contributed by atoms with Crippen LogP contribution in [0.1, 0.15) is 19.3 Å². The van der Waals surface area contributed by atoms with E-state index in [4.69, 9.17) is 5.14 Å². The average molecular weight is 383 g/mol. The summed E-state index contributed by atoms with van der Waals surface area (Å²) in [6.45, 7) is 0.276. The molecule has 1 aliphatic rings. The van der Waals surface area contributed by atoms with E-state index in [-0.39, 0.29) is 35.7 Å². The zero-order valence-electron chi connectivity index (χ0n) is 13.5. The molecule has 0 bridgehead atoms. The number of nitrogens with two attached hydrogens (primary N) is 1. The fourth-order valence-corrected chi connectivity index (χ4v) is 4.07. The van der Waals surface area contributed by atoms with Crippen molar-refractivity contribution in [2.24, 2.45) is 16.0 Å². The molecule has 0 saturated heterocycles. The highest BCUT2D eigenvalue weighted by molar-refractivity contribution is 7.89. The van der Waals surface area contributed by atoms with Gasteiger partial charge in [-0.2, -0.15) is 4.99 Å². The number of benzene rings is 1. The molecule has 0 radical (unpaired) electrons. The lowest BCUT2D eigenvalue weighted by Crippen LogP contribution is -2.19. The van der Waals surface area contributed by atoms with Gasteiger partial charge in [-0.1, -0.05) is 11.3 Å². The minimum atomic E-state index is -3.83. The number of aryl methyl sites for hydroxylation is 1. The Morgan fingerprint density at radius 3 is 2.72 bits per heavy atom. The third kappa shape index (κ3) is 3.97. The molecule has 1 aliphatic carbocycles. The first-order valence-electron chi connectivity index (χ1n) is 7.61. The summed E-state index contributed by atoms with van der Waals surface area (Å²) in [5.74, 6) is -0.600. The number of primary sulfonamides is 1. The number of fused-ring (bicyclic) bond motifs is 1. The first kappa shape index (κ1) is 17.8. The molecule has 1 aromatic heterocycles. The molecule has 1 heterocycles. The van der Waals surface area contributed by atoms with Gasteiger partial charge >= 0.3 is 5.97 Å². The normalized spacial score (nSPS) is 15.5. The molecule has 10 heteroatoms. The van der Waals surface area contributed by atoms with Crippen molar-refractivity contribution in [2.75, 3.05) is 7.11 Å². The average Bonchev–Trinajstić information content (AvgIpc) is 3.34. The number of carbonyl (C=O) groups excluding carboxylic acids is 2. The Bertz CT molecular complexity index is 1020. The van der Waals surface area contributed by atoms with Crippen molar-refractivity contribution in [1.82, 2.24) is 4.57 Å². The second kappa shape index (κ2) is 6.70. The van der Waals surface area contributed by atoms with Gasteiger partial charge in [0, 0.05) is 12.5 Å². The summed E-state index contributed by atoms with van der Waals surface area (Å²) >= 11 is 1.19. The fraction of sp³-hybridized carbons (Fsp3) is 0.400. The maximum Gasteiger partial charge on any atom is 0.307 e. The topological polar surface area (TPSA) is 121 Å². The van der Waals surface area contributed by atoms with E-state index in [1.807, 2.05) is 0 Å². The number of rotatable bonds is 5. The number of carbonyl (C=O) groups is 2.